The minimum atomic E-state index is 0.414. The van der Waals surface area contributed by atoms with Crippen molar-refractivity contribution in [2.75, 3.05) is 19.5 Å². The number of rotatable bonds is 5. The predicted molar refractivity (Wildman–Crippen MR) is 77.6 cm³/mol. The van der Waals surface area contributed by atoms with Crippen LogP contribution in [0.1, 0.15) is 11.4 Å². The van der Waals surface area contributed by atoms with Crippen molar-refractivity contribution >= 4 is 17.6 Å². The van der Waals surface area contributed by atoms with E-state index in [0.29, 0.717) is 12.4 Å². The van der Waals surface area contributed by atoms with Gasteiger partial charge in [-0.1, -0.05) is 29.5 Å². The van der Waals surface area contributed by atoms with E-state index in [1.165, 1.54) is 10.5 Å². The van der Waals surface area contributed by atoms with E-state index in [9.17, 15) is 0 Å². The highest BCUT2D eigenvalue weighted by molar-refractivity contribution is 7.99. The molecule has 0 radical (unpaired) electrons. The molecule has 0 fully saturated rings. The van der Waals surface area contributed by atoms with Gasteiger partial charge in [-0.2, -0.15) is 0 Å². The monoisotopic (exact) mass is 275 g/mol. The number of nitrogens with zero attached hydrogens (tertiary/aromatic N) is 2. The first kappa shape index (κ1) is 13.8. The maximum absolute atomic E-state index is 5.09. The zero-order valence-corrected chi connectivity index (χ0v) is 12.1. The van der Waals surface area contributed by atoms with Crippen molar-refractivity contribution in [2.24, 2.45) is 0 Å². The summed E-state index contributed by atoms with van der Waals surface area (Å²) in [6.07, 6.45) is 0. The van der Waals surface area contributed by atoms with Crippen LogP contribution in [0, 0.1) is 6.92 Å². The van der Waals surface area contributed by atoms with E-state index in [0.717, 1.165) is 10.8 Å². The lowest BCUT2D eigenvalue weighted by Gasteiger charge is -2.07. The SMILES string of the molecule is CNc1cc(Sc2cccc(C)c2)nc(COC)n1. The number of hydrogen-bond donors (Lipinski definition) is 1. The molecule has 0 bridgehead atoms. The van der Waals surface area contributed by atoms with Gasteiger partial charge in [-0.25, -0.2) is 9.97 Å². The molecule has 0 atom stereocenters. The van der Waals surface area contributed by atoms with Gasteiger partial charge in [0.25, 0.3) is 0 Å². The molecule has 0 aliphatic carbocycles. The zero-order chi connectivity index (χ0) is 13.7. The van der Waals surface area contributed by atoms with E-state index in [1.807, 2.05) is 19.2 Å². The maximum atomic E-state index is 5.09. The molecule has 19 heavy (non-hydrogen) atoms. The minimum Gasteiger partial charge on any atom is -0.377 e. The van der Waals surface area contributed by atoms with Crippen LogP contribution in [0.15, 0.2) is 40.3 Å². The molecule has 4 nitrogen and oxygen atoms in total. The van der Waals surface area contributed by atoms with Crippen LogP contribution in [-0.4, -0.2) is 24.1 Å². The Kier molecular flexibility index (Phi) is 4.76. The lowest BCUT2D eigenvalue weighted by atomic mass is 10.2. The minimum absolute atomic E-state index is 0.414. The van der Waals surface area contributed by atoms with Crippen LogP contribution >= 0.6 is 11.8 Å². The van der Waals surface area contributed by atoms with Gasteiger partial charge < -0.3 is 10.1 Å². The fourth-order valence-electron chi connectivity index (χ4n) is 1.65. The number of ether oxygens (including phenoxy) is 1. The largest absolute Gasteiger partial charge is 0.377 e. The van der Waals surface area contributed by atoms with Crippen molar-refractivity contribution in [1.29, 1.82) is 0 Å². The molecule has 100 valence electrons. The first-order valence-electron chi connectivity index (χ1n) is 6.00. The summed E-state index contributed by atoms with van der Waals surface area (Å²) in [4.78, 5) is 9.99. The summed E-state index contributed by atoms with van der Waals surface area (Å²) in [5.74, 6) is 1.49. The van der Waals surface area contributed by atoms with Crippen molar-refractivity contribution in [3.63, 3.8) is 0 Å². The van der Waals surface area contributed by atoms with Crippen LogP contribution in [0.3, 0.4) is 0 Å². The average molecular weight is 275 g/mol. The number of benzene rings is 1. The summed E-state index contributed by atoms with van der Waals surface area (Å²) >= 11 is 1.62. The van der Waals surface area contributed by atoms with E-state index in [4.69, 9.17) is 4.74 Å². The Hall–Kier alpha value is -1.59. The molecule has 5 heteroatoms. The summed E-state index contributed by atoms with van der Waals surface area (Å²) < 4.78 is 5.09. The van der Waals surface area contributed by atoms with Gasteiger partial charge >= 0.3 is 0 Å². The van der Waals surface area contributed by atoms with Crippen LogP contribution in [0.4, 0.5) is 5.82 Å². The summed E-state index contributed by atoms with van der Waals surface area (Å²) in [5, 5.41) is 3.96. The smallest absolute Gasteiger partial charge is 0.157 e. The highest BCUT2D eigenvalue weighted by Gasteiger charge is 2.05. The Labute approximate surface area is 117 Å². The summed E-state index contributed by atoms with van der Waals surface area (Å²) in [6.45, 7) is 2.50. The molecule has 0 saturated heterocycles. The zero-order valence-electron chi connectivity index (χ0n) is 11.3. The fraction of sp³-hybridized carbons (Fsp3) is 0.286. The second kappa shape index (κ2) is 6.54. The number of methoxy groups -OCH3 is 1. The Balaban J connectivity index is 2.26. The molecule has 1 heterocycles. The molecule has 0 aliphatic rings. The highest BCUT2D eigenvalue weighted by atomic mass is 32.2. The van der Waals surface area contributed by atoms with Crippen molar-refractivity contribution in [1.82, 2.24) is 9.97 Å². The summed E-state index contributed by atoms with van der Waals surface area (Å²) in [5.41, 5.74) is 1.24. The molecule has 0 spiro atoms. The number of nitrogens with one attached hydrogen (secondary N) is 1. The quantitative estimate of drug-likeness (QED) is 0.849. The Morgan fingerprint density at radius 1 is 1.26 bits per heavy atom. The molecule has 1 aromatic carbocycles. The molecule has 2 rings (SSSR count). The molecule has 0 saturated carbocycles. The normalized spacial score (nSPS) is 10.5. The summed E-state index contributed by atoms with van der Waals surface area (Å²) in [7, 11) is 3.49. The topological polar surface area (TPSA) is 47.0 Å². The first-order valence-corrected chi connectivity index (χ1v) is 6.82. The van der Waals surface area contributed by atoms with Crippen molar-refractivity contribution in [3.05, 3.63) is 41.7 Å². The van der Waals surface area contributed by atoms with Crippen LogP contribution in [0.25, 0.3) is 0 Å². The van der Waals surface area contributed by atoms with Gasteiger partial charge in [0, 0.05) is 25.1 Å². The van der Waals surface area contributed by atoms with Gasteiger partial charge in [0.2, 0.25) is 0 Å². The summed E-state index contributed by atoms with van der Waals surface area (Å²) in [6, 6.07) is 10.3. The highest BCUT2D eigenvalue weighted by Crippen LogP contribution is 2.28. The third-order valence-electron chi connectivity index (χ3n) is 2.49. The fourth-order valence-corrected chi connectivity index (χ4v) is 2.60. The molecule has 2 aromatic rings. The van der Waals surface area contributed by atoms with Gasteiger partial charge in [0.15, 0.2) is 5.82 Å². The van der Waals surface area contributed by atoms with Crippen LogP contribution in [0.2, 0.25) is 0 Å². The van der Waals surface area contributed by atoms with Gasteiger partial charge in [0.05, 0.1) is 0 Å². The van der Waals surface area contributed by atoms with E-state index in [2.05, 4.69) is 40.4 Å². The van der Waals surface area contributed by atoms with Gasteiger partial charge in [-0.3, -0.25) is 0 Å². The Bertz CT molecular complexity index is 560. The molecule has 0 unspecified atom stereocenters. The van der Waals surface area contributed by atoms with Gasteiger partial charge in [-0.15, -0.1) is 0 Å². The number of aryl methyl sites for hydroxylation is 1. The number of hydrogen-bond acceptors (Lipinski definition) is 5. The third-order valence-corrected chi connectivity index (χ3v) is 3.40. The van der Waals surface area contributed by atoms with E-state index in [1.54, 1.807) is 18.9 Å². The molecular weight excluding hydrogens is 258 g/mol. The third kappa shape index (κ3) is 3.94. The maximum Gasteiger partial charge on any atom is 0.157 e. The van der Waals surface area contributed by atoms with Crippen molar-refractivity contribution in [2.45, 2.75) is 23.5 Å². The van der Waals surface area contributed by atoms with E-state index in [-0.39, 0.29) is 0 Å². The number of anilines is 1. The number of aromatic nitrogens is 2. The molecule has 0 aliphatic heterocycles. The van der Waals surface area contributed by atoms with Crippen molar-refractivity contribution < 1.29 is 4.74 Å². The van der Waals surface area contributed by atoms with Gasteiger partial charge in [0.1, 0.15) is 17.5 Å². The lowest BCUT2D eigenvalue weighted by Crippen LogP contribution is -2.02. The predicted octanol–water partition coefficient (Wildman–Crippen LogP) is 3.12. The molecular formula is C14H17N3OS. The lowest BCUT2D eigenvalue weighted by molar-refractivity contribution is 0.177. The standard InChI is InChI=1S/C14H17N3OS/c1-10-5-4-6-11(7-10)19-14-8-12(15-2)16-13(17-14)9-18-3/h4-8H,9H2,1-3H3,(H,15,16,17). The Morgan fingerprint density at radius 3 is 2.79 bits per heavy atom. The van der Waals surface area contributed by atoms with E-state index >= 15 is 0 Å². The second-order valence-corrected chi connectivity index (χ2v) is 5.20. The van der Waals surface area contributed by atoms with Crippen molar-refractivity contribution in [3.8, 4) is 0 Å². The molecule has 1 aromatic heterocycles. The second-order valence-electron chi connectivity index (χ2n) is 4.11. The molecule has 0 amide bonds. The average Bonchev–Trinajstić information content (AvgIpc) is 2.39. The first-order chi connectivity index (χ1) is 9.21. The van der Waals surface area contributed by atoms with E-state index < -0.39 is 0 Å². The Morgan fingerprint density at radius 2 is 2.11 bits per heavy atom. The van der Waals surface area contributed by atoms with Crippen LogP contribution in [-0.2, 0) is 11.3 Å². The molecule has 1 N–H and O–H groups in total. The van der Waals surface area contributed by atoms with Gasteiger partial charge in [-0.05, 0) is 19.1 Å². The van der Waals surface area contributed by atoms with Crippen LogP contribution < -0.4 is 5.32 Å². The van der Waals surface area contributed by atoms with Crippen LogP contribution in [0.5, 0.6) is 0 Å².